The summed E-state index contributed by atoms with van der Waals surface area (Å²) in [6, 6.07) is 8.46. The summed E-state index contributed by atoms with van der Waals surface area (Å²) < 4.78 is 26.9. The van der Waals surface area contributed by atoms with E-state index in [1.54, 1.807) is 0 Å². The highest BCUT2D eigenvalue weighted by Gasteiger charge is 2.30. The minimum Gasteiger partial charge on any atom is -0.335 e. The number of amides is 2. The Hall–Kier alpha value is -3.05. The first-order valence-corrected chi connectivity index (χ1v) is 9.94. The van der Waals surface area contributed by atoms with Crippen LogP contribution in [-0.2, 0) is 14.8 Å². The van der Waals surface area contributed by atoms with Gasteiger partial charge in [0.1, 0.15) is 5.69 Å². The van der Waals surface area contributed by atoms with Crippen molar-refractivity contribution in [2.24, 2.45) is 0 Å². The molecule has 3 rings (SSSR count). The number of carbonyl (C=O) groups is 2. The number of piperazine rings is 1. The molecule has 0 atom stereocenters. The molecule has 2 aromatic rings. The molecule has 0 spiro atoms. The van der Waals surface area contributed by atoms with Crippen molar-refractivity contribution in [2.45, 2.75) is 11.8 Å². The minimum atomic E-state index is -3.71. The summed E-state index contributed by atoms with van der Waals surface area (Å²) in [6.45, 7) is 2.08. The van der Waals surface area contributed by atoms with E-state index in [2.05, 4.69) is 15.5 Å². The topological polar surface area (TPSA) is 133 Å². The number of hydrogen-bond acceptors (Lipinski definition) is 6. The van der Waals surface area contributed by atoms with Crippen molar-refractivity contribution >= 4 is 27.5 Å². The van der Waals surface area contributed by atoms with Crippen LogP contribution in [-0.4, -0.2) is 65.8 Å². The standard InChI is InChI=1S/C17H19N5O5S/c1-12(23)18-13-2-4-14(5-3-13)28(26,27)22-10-8-21(9-11-22)17(25)15-6-7-16(24)20-19-15/h2-7H,8-11H2,1H3,(H,18,23)(H,20,24). The van der Waals surface area contributed by atoms with Gasteiger partial charge in [0.2, 0.25) is 15.9 Å². The average Bonchev–Trinajstić information content (AvgIpc) is 2.68. The smallest absolute Gasteiger partial charge is 0.274 e. The number of benzene rings is 1. The summed E-state index contributed by atoms with van der Waals surface area (Å²) in [5, 5.41) is 8.49. The van der Waals surface area contributed by atoms with Gasteiger partial charge in [0.25, 0.3) is 11.5 Å². The molecule has 0 unspecified atom stereocenters. The first-order chi connectivity index (χ1) is 13.3. The van der Waals surface area contributed by atoms with Crippen LogP contribution in [0.2, 0.25) is 0 Å². The van der Waals surface area contributed by atoms with Gasteiger partial charge in [0.15, 0.2) is 0 Å². The number of rotatable bonds is 4. The highest BCUT2D eigenvalue weighted by Crippen LogP contribution is 2.20. The van der Waals surface area contributed by atoms with Crippen LogP contribution in [0.25, 0.3) is 0 Å². The number of aromatic amines is 1. The second-order valence-electron chi connectivity index (χ2n) is 6.21. The average molecular weight is 405 g/mol. The van der Waals surface area contributed by atoms with Gasteiger partial charge in [0.05, 0.1) is 4.90 Å². The number of hydrogen-bond donors (Lipinski definition) is 2. The number of sulfonamides is 1. The summed E-state index contributed by atoms with van der Waals surface area (Å²) in [5.74, 6) is -0.610. The second-order valence-corrected chi connectivity index (χ2v) is 8.15. The molecule has 1 aromatic heterocycles. The largest absolute Gasteiger partial charge is 0.335 e. The zero-order chi connectivity index (χ0) is 20.3. The van der Waals surface area contributed by atoms with Crippen LogP contribution in [0.1, 0.15) is 17.4 Å². The fraction of sp³-hybridized carbons (Fsp3) is 0.294. The third-order valence-electron chi connectivity index (χ3n) is 4.24. The van der Waals surface area contributed by atoms with Gasteiger partial charge in [-0.1, -0.05) is 0 Å². The molecular formula is C17H19N5O5S. The molecule has 11 heteroatoms. The van der Waals surface area contributed by atoms with E-state index < -0.39 is 15.6 Å². The molecule has 2 amide bonds. The number of nitrogens with zero attached hydrogens (tertiary/aromatic N) is 3. The van der Waals surface area contributed by atoms with Gasteiger partial charge in [-0.3, -0.25) is 14.4 Å². The van der Waals surface area contributed by atoms with Crippen molar-refractivity contribution in [1.29, 1.82) is 0 Å². The lowest BCUT2D eigenvalue weighted by Crippen LogP contribution is -2.50. The first-order valence-electron chi connectivity index (χ1n) is 8.50. The Morgan fingerprint density at radius 3 is 2.21 bits per heavy atom. The zero-order valence-electron chi connectivity index (χ0n) is 15.1. The van der Waals surface area contributed by atoms with Crippen LogP contribution >= 0.6 is 0 Å². The van der Waals surface area contributed by atoms with Crippen molar-refractivity contribution in [1.82, 2.24) is 19.4 Å². The molecule has 0 radical (unpaired) electrons. The first kappa shape index (κ1) is 19.7. The van der Waals surface area contributed by atoms with Crippen molar-refractivity contribution in [3.8, 4) is 0 Å². The predicted molar refractivity (Wildman–Crippen MR) is 100 cm³/mol. The zero-order valence-corrected chi connectivity index (χ0v) is 15.9. The SMILES string of the molecule is CC(=O)Nc1ccc(S(=O)(=O)N2CCN(C(=O)c3ccc(=O)[nH]n3)CC2)cc1. The van der Waals surface area contributed by atoms with Crippen molar-refractivity contribution in [3.63, 3.8) is 0 Å². The van der Waals surface area contributed by atoms with E-state index in [1.807, 2.05) is 0 Å². The molecule has 0 aliphatic carbocycles. The molecule has 28 heavy (non-hydrogen) atoms. The monoisotopic (exact) mass is 405 g/mol. The van der Waals surface area contributed by atoms with Gasteiger partial charge in [0, 0.05) is 44.9 Å². The van der Waals surface area contributed by atoms with Gasteiger partial charge in [-0.05, 0) is 30.3 Å². The van der Waals surface area contributed by atoms with Crippen LogP contribution in [0, 0.1) is 0 Å². The molecular weight excluding hydrogens is 386 g/mol. The lowest BCUT2D eigenvalue weighted by atomic mass is 10.3. The van der Waals surface area contributed by atoms with E-state index in [0.717, 1.165) is 0 Å². The molecule has 1 saturated heterocycles. The fourth-order valence-corrected chi connectivity index (χ4v) is 4.24. The van der Waals surface area contributed by atoms with Crippen LogP contribution < -0.4 is 10.9 Å². The number of H-pyrrole nitrogens is 1. The normalized spacial score (nSPS) is 15.2. The van der Waals surface area contributed by atoms with E-state index >= 15 is 0 Å². The number of aromatic nitrogens is 2. The Balaban J connectivity index is 1.66. The lowest BCUT2D eigenvalue weighted by Gasteiger charge is -2.33. The Labute approximate surface area is 161 Å². The second kappa shape index (κ2) is 7.90. The van der Waals surface area contributed by atoms with Crippen LogP contribution in [0.5, 0.6) is 0 Å². The van der Waals surface area contributed by atoms with E-state index in [0.29, 0.717) is 5.69 Å². The summed E-state index contributed by atoms with van der Waals surface area (Å²) in [4.78, 5) is 36.1. The molecule has 148 valence electrons. The van der Waals surface area contributed by atoms with Gasteiger partial charge in [-0.2, -0.15) is 9.40 Å². The third-order valence-corrected chi connectivity index (χ3v) is 6.15. The maximum absolute atomic E-state index is 12.8. The highest BCUT2D eigenvalue weighted by molar-refractivity contribution is 7.89. The molecule has 0 saturated carbocycles. The summed E-state index contributed by atoms with van der Waals surface area (Å²) in [7, 11) is -3.71. The van der Waals surface area contributed by atoms with E-state index in [1.165, 1.54) is 52.5 Å². The van der Waals surface area contributed by atoms with Gasteiger partial charge in [-0.15, -0.1) is 0 Å². The van der Waals surface area contributed by atoms with Crippen molar-refractivity contribution in [3.05, 3.63) is 52.4 Å². The van der Waals surface area contributed by atoms with Crippen molar-refractivity contribution < 1.29 is 18.0 Å². The quantitative estimate of drug-likeness (QED) is 0.728. The van der Waals surface area contributed by atoms with E-state index in [9.17, 15) is 22.8 Å². The Kier molecular flexibility index (Phi) is 5.56. The maximum atomic E-state index is 12.8. The Morgan fingerprint density at radius 1 is 1.04 bits per heavy atom. The molecule has 1 aliphatic heterocycles. The van der Waals surface area contributed by atoms with Crippen LogP contribution in [0.4, 0.5) is 5.69 Å². The summed E-state index contributed by atoms with van der Waals surface area (Å²) >= 11 is 0. The molecule has 1 aromatic carbocycles. The minimum absolute atomic E-state index is 0.101. The number of carbonyl (C=O) groups excluding carboxylic acids is 2. The van der Waals surface area contributed by atoms with E-state index in [4.69, 9.17) is 0 Å². The molecule has 0 bridgehead atoms. The Morgan fingerprint density at radius 2 is 1.68 bits per heavy atom. The number of nitrogens with one attached hydrogen (secondary N) is 2. The lowest BCUT2D eigenvalue weighted by molar-refractivity contribution is -0.114. The Bertz CT molecular complexity index is 1020. The van der Waals surface area contributed by atoms with Crippen LogP contribution in [0.15, 0.2) is 46.1 Å². The van der Waals surface area contributed by atoms with Crippen LogP contribution in [0.3, 0.4) is 0 Å². The molecule has 2 heterocycles. The van der Waals surface area contributed by atoms with Gasteiger partial charge >= 0.3 is 0 Å². The van der Waals surface area contributed by atoms with Crippen molar-refractivity contribution in [2.75, 3.05) is 31.5 Å². The van der Waals surface area contributed by atoms with Gasteiger partial charge < -0.3 is 10.2 Å². The fourth-order valence-electron chi connectivity index (χ4n) is 2.82. The number of anilines is 1. The molecule has 1 aliphatic rings. The molecule has 1 fully saturated rings. The van der Waals surface area contributed by atoms with E-state index in [-0.39, 0.29) is 48.6 Å². The third kappa shape index (κ3) is 4.26. The summed E-state index contributed by atoms with van der Waals surface area (Å²) in [6.07, 6.45) is 0. The maximum Gasteiger partial charge on any atom is 0.274 e. The predicted octanol–water partition coefficient (Wildman–Crippen LogP) is -0.125. The van der Waals surface area contributed by atoms with Gasteiger partial charge in [-0.25, -0.2) is 13.5 Å². The molecule has 10 nitrogen and oxygen atoms in total. The molecule has 2 N–H and O–H groups in total. The highest BCUT2D eigenvalue weighted by atomic mass is 32.2. The summed E-state index contributed by atoms with van der Waals surface area (Å²) in [5.41, 5.74) is 0.205.